The zero-order chi connectivity index (χ0) is 12.5. The van der Waals surface area contributed by atoms with E-state index in [1.165, 1.54) is 12.1 Å². The number of rotatable bonds is 4. The van der Waals surface area contributed by atoms with Gasteiger partial charge in [-0.05, 0) is 31.9 Å². The molecule has 1 atom stereocenters. The Morgan fingerprint density at radius 1 is 1.35 bits per heavy atom. The lowest BCUT2D eigenvalue weighted by atomic mass is 10.2. The number of benzene rings is 1. The van der Waals surface area contributed by atoms with Crippen LogP contribution in [0.5, 0.6) is 0 Å². The summed E-state index contributed by atoms with van der Waals surface area (Å²) in [4.78, 5) is 0.101. The van der Waals surface area contributed by atoms with Crippen LogP contribution in [-0.2, 0) is 14.3 Å². The van der Waals surface area contributed by atoms with Gasteiger partial charge in [0.15, 0.2) is 6.10 Å². The Balaban J connectivity index is 2.18. The molecule has 1 aliphatic carbocycles. The van der Waals surface area contributed by atoms with E-state index in [0.717, 1.165) is 18.4 Å². The lowest BCUT2D eigenvalue weighted by Gasteiger charge is -2.09. The molecule has 0 N–H and O–H groups in total. The zero-order valence-corrected chi connectivity index (χ0v) is 10.3. The van der Waals surface area contributed by atoms with E-state index in [-0.39, 0.29) is 10.8 Å². The van der Waals surface area contributed by atoms with Crippen molar-refractivity contribution in [2.75, 3.05) is 0 Å². The molecule has 1 aromatic carbocycles. The molecule has 1 fully saturated rings. The molecule has 1 aromatic rings. The van der Waals surface area contributed by atoms with Crippen molar-refractivity contribution in [1.29, 1.82) is 5.26 Å². The molecule has 0 amide bonds. The topological polar surface area (TPSA) is 67.2 Å². The predicted octanol–water partition coefficient (Wildman–Crippen LogP) is 2.00. The fourth-order valence-corrected chi connectivity index (χ4v) is 2.56. The summed E-state index contributed by atoms with van der Waals surface area (Å²) in [6.45, 7) is 1.87. The van der Waals surface area contributed by atoms with Gasteiger partial charge in [0.1, 0.15) is 0 Å². The molecule has 0 heterocycles. The molecule has 4 nitrogen and oxygen atoms in total. The van der Waals surface area contributed by atoms with E-state index in [1.54, 1.807) is 12.1 Å². The molecule has 1 saturated carbocycles. The Morgan fingerprint density at radius 2 is 1.94 bits per heavy atom. The number of nitrogens with zero attached hydrogens (tertiary/aromatic N) is 1. The summed E-state index contributed by atoms with van der Waals surface area (Å²) in [5.41, 5.74) is 0.975. The van der Waals surface area contributed by atoms with E-state index in [4.69, 9.17) is 9.44 Å². The number of hydrogen-bond donors (Lipinski definition) is 0. The Kier molecular flexibility index (Phi) is 3.18. The Hall–Kier alpha value is -1.38. The molecule has 0 bridgehead atoms. The normalized spacial score (nSPS) is 17.4. The van der Waals surface area contributed by atoms with Crippen molar-refractivity contribution in [3.8, 4) is 6.07 Å². The molecule has 2 rings (SSSR count). The first-order chi connectivity index (χ1) is 8.03. The molecular weight excluding hydrogens is 238 g/mol. The number of hydrogen-bond acceptors (Lipinski definition) is 4. The molecule has 0 saturated heterocycles. The van der Waals surface area contributed by atoms with Gasteiger partial charge in [-0.25, -0.2) is 4.18 Å². The quantitative estimate of drug-likeness (QED) is 0.768. The lowest BCUT2D eigenvalue weighted by molar-refractivity contribution is 0.239. The van der Waals surface area contributed by atoms with Crippen LogP contribution in [0.4, 0.5) is 0 Å². The first-order valence-corrected chi connectivity index (χ1v) is 6.83. The second kappa shape index (κ2) is 4.47. The van der Waals surface area contributed by atoms with E-state index in [2.05, 4.69) is 0 Å². The van der Waals surface area contributed by atoms with Gasteiger partial charge in [0.25, 0.3) is 10.1 Å². The van der Waals surface area contributed by atoms with Crippen molar-refractivity contribution < 1.29 is 12.6 Å². The maximum atomic E-state index is 11.9. The average Bonchev–Trinajstić information content (AvgIpc) is 3.10. The SMILES string of the molecule is Cc1ccc(S(=O)(=O)OC(C#N)C2CC2)cc1. The molecule has 0 radical (unpaired) electrons. The highest BCUT2D eigenvalue weighted by Crippen LogP contribution is 2.35. The van der Waals surface area contributed by atoms with Crippen LogP contribution in [0.2, 0.25) is 0 Å². The van der Waals surface area contributed by atoms with Gasteiger partial charge in [-0.15, -0.1) is 0 Å². The third kappa shape index (κ3) is 2.84. The maximum Gasteiger partial charge on any atom is 0.298 e. The van der Waals surface area contributed by atoms with Gasteiger partial charge in [0.05, 0.1) is 11.0 Å². The summed E-state index contributed by atoms with van der Waals surface area (Å²) in [6, 6.07) is 8.29. The molecule has 1 unspecified atom stereocenters. The summed E-state index contributed by atoms with van der Waals surface area (Å²) >= 11 is 0. The van der Waals surface area contributed by atoms with E-state index in [1.807, 2.05) is 13.0 Å². The van der Waals surface area contributed by atoms with Crippen molar-refractivity contribution in [3.63, 3.8) is 0 Å². The number of aryl methyl sites for hydroxylation is 1. The minimum Gasteiger partial charge on any atom is -0.247 e. The summed E-state index contributed by atoms with van der Waals surface area (Å²) in [7, 11) is -3.82. The van der Waals surface area contributed by atoms with Crippen LogP contribution in [0.3, 0.4) is 0 Å². The van der Waals surface area contributed by atoms with Gasteiger partial charge in [-0.2, -0.15) is 13.7 Å². The first kappa shape index (κ1) is 12.1. The molecule has 0 spiro atoms. The van der Waals surface area contributed by atoms with Gasteiger partial charge < -0.3 is 0 Å². The summed E-state index contributed by atoms with van der Waals surface area (Å²) in [6.07, 6.45) is 0.879. The minimum atomic E-state index is -3.82. The standard InChI is InChI=1S/C12H13NO3S/c1-9-2-6-11(7-3-9)17(14,15)16-12(8-13)10-4-5-10/h2-3,6-7,10,12H,4-5H2,1H3. The molecule has 0 aromatic heterocycles. The second-order valence-electron chi connectivity index (χ2n) is 4.25. The number of nitriles is 1. The Labute approximate surface area is 101 Å². The molecule has 90 valence electrons. The Bertz CT molecular complexity index is 538. The summed E-state index contributed by atoms with van der Waals surface area (Å²) < 4.78 is 28.7. The van der Waals surface area contributed by atoms with Crippen LogP contribution in [-0.4, -0.2) is 14.5 Å². The van der Waals surface area contributed by atoms with Crippen LogP contribution >= 0.6 is 0 Å². The van der Waals surface area contributed by atoms with Crippen molar-refractivity contribution >= 4 is 10.1 Å². The lowest BCUT2D eigenvalue weighted by Crippen LogP contribution is -2.18. The van der Waals surface area contributed by atoms with Crippen LogP contribution in [0.25, 0.3) is 0 Å². The van der Waals surface area contributed by atoms with Crippen LogP contribution < -0.4 is 0 Å². The zero-order valence-electron chi connectivity index (χ0n) is 9.46. The first-order valence-electron chi connectivity index (χ1n) is 5.42. The van der Waals surface area contributed by atoms with Crippen molar-refractivity contribution in [2.45, 2.75) is 30.8 Å². The van der Waals surface area contributed by atoms with Crippen LogP contribution in [0.1, 0.15) is 18.4 Å². The molecule has 17 heavy (non-hydrogen) atoms. The largest absolute Gasteiger partial charge is 0.298 e. The van der Waals surface area contributed by atoms with Crippen LogP contribution in [0, 0.1) is 24.2 Å². The van der Waals surface area contributed by atoms with E-state index in [0.29, 0.717) is 0 Å². The van der Waals surface area contributed by atoms with Gasteiger partial charge in [-0.3, -0.25) is 0 Å². The van der Waals surface area contributed by atoms with E-state index >= 15 is 0 Å². The Morgan fingerprint density at radius 3 is 2.41 bits per heavy atom. The highest BCUT2D eigenvalue weighted by Gasteiger charge is 2.35. The van der Waals surface area contributed by atoms with Crippen molar-refractivity contribution in [3.05, 3.63) is 29.8 Å². The van der Waals surface area contributed by atoms with E-state index < -0.39 is 16.2 Å². The fourth-order valence-electron chi connectivity index (χ4n) is 1.50. The maximum absolute atomic E-state index is 11.9. The monoisotopic (exact) mass is 251 g/mol. The van der Waals surface area contributed by atoms with Gasteiger partial charge >= 0.3 is 0 Å². The van der Waals surface area contributed by atoms with Gasteiger partial charge in [0, 0.05) is 5.92 Å². The van der Waals surface area contributed by atoms with E-state index in [9.17, 15) is 8.42 Å². The highest BCUT2D eigenvalue weighted by molar-refractivity contribution is 7.86. The molecule has 1 aliphatic rings. The molecule has 0 aliphatic heterocycles. The summed E-state index contributed by atoms with van der Waals surface area (Å²) in [5, 5.41) is 8.85. The van der Waals surface area contributed by atoms with Crippen molar-refractivity contribution in [1.82, 2.24) is 0 Å². The predicted molar refractivity (Wildman–Crippen MR) is 61.6 cm³/mol. The minimum absolute atomic E-state index is 0.0697. The fraction of sp³-hybridized carbons (Fsp3) is 0.417. The summed E-state index contributed by atoms with van der Waals surface area (Å²) in [5.74, 6) is 0.0697. The molecule has 5 heteroatoms. The second-order valence-corrected chi connectivity index (χ2v) is 5.82. The van der Waals surface area contributed by atoms with Gasteiger partial charge in [0.2, 0.25) is 0 Å². The third-order valence-electron chi connectivity index (χ3n) is 2.72. The molecular formula is C12H13NO3S. The van der Waals surface area contributed by atoms with Crippen LogP contribution in [0.15, 0.2) is 29.2 Å². The average molecular weight is 251 g/mol. The van der Waals surface area contributed by atoms with Gasteiger partial charge in [-0.1, -0.05) is 17.7 Å². The smallest absolute Gasteiger partial charge is 0.247 e. The highest BCUT2D eigenvalue weighted by atomic mass is 32.2. The third-order valence-corrected chi connectivity index (χ3v) is 4.03. The van der Waals surface area contributed by atoms with Crippen molar-refractivity contribution in [2.24, 2.45) is 5.92 Å².